The smallest absolute Gasteiger partial charge is 0.119 e. The summed E-state index contributed by atoms with van der Waals surface area (Å²) in [6, 6.07) is 8.28. The second-order valence-corrected chi connectivity index (χ2v) is 5.08. The second-order valence-electron chi connectivity index (χ2n) is 5.08. The minimum atomic E-state index is 0.230. The van der Waals surface area contributed by atoms with E-state index in [-0.39, 0.29) is 6.10 Å². The summed E-state index contributed by atoms with van der Waals surface area (Å²) < 4.78 is 11.2. The third-order valence-electron chi connectivity index (χ3n) is 3.02. The van der Waals surface area contributed by atoms with Crippen LogP contribution in [-0.4, -0.2) is 25.4 Å². The molecule has 0 aliphatic carbocycles. The largest absolute Gasteiger partial charge is 0.491 e. The van der Waals surface area contributed by atoms with Crippen LogP contribution in [0.3, 0.4) is 0 Å². The first kappa shape index (κ1) is 13.4. The SMILES string of the molecule is CC(C)Oc1ccc(CNC[C@H]2CCCO2)cc1. The van der Waals surface area contributed by atoms with Crippen molar-refractivity contribution < 1.29 is 9.47 Å². The van der Waals surface area contributed by atoms with Gasteiger partial charge in [-0.3, -0.25) is 0 Å². The van der Waals surface area contributed by atoms with E-state index in [1.165, 1.54) is 18.4 Å². The highest BCUT2D eigenvalue weighted by atomic mass is 16.5. The third kappa shape index (κ3) is 4.31. The van der Waals surface area contributed by atoms with Crippen LogP contribution in [0.25, 0.3) is 0 Å². The molecule has 1 aliphatic rings. The monoisotopic (exact) mass is 249 g/mol. The van der Waals surface area contributed by atoms with Gasteiger partial charge in [0.2, 0.25) is 0 Å². The first-order valence-corrected chi connectivity index (χ1v) is 6.82. The zero-order valence-corrected chi connectivity index (χ0v) is 11.3. The Labute approximate surface area is 109 Å². The topological polar surface area (TPSA) is 30.5 Å². The Kier molecular flexibility index (Phi) is 5.02. The van der Waals surface area contributed by atoms with Crippen LogP contribution in [0.2, 0.25) is 0 Å². The van der Waals surface area contributed by atoms with E-state index in [1.807, 2.05) is 26.0 Å². The van der Waals surface area contributed by atoms with Crippen molar-refractivity contribution >= 4 is 0 Å². The van der Waals surface area contributed by atoms with E-state index < -0.39 is 0 Å². The summed E-state index contributed by atoms with van der Waals surface area (Å²) in [6.45, 7) is 6.84. The molecule has 0 bridgehead atoms. The number of hydrogen-bond donors (Lipinski definition) is 1. The summed E-state index contributed by atoms with van der Waals surface area (Å²) in [5.74, 6) is 0.938. The summed E-state index contributed by atoms with van der Waals surface area (Å²) in [6.07, 6.45) is 3.03. The molecule has 1 atom stereocenters. The van der Waals surface area contributed by atoms with Crippen molar-refractivity contribution in [3.8, 4) is 5.75 Å². The number of nitrogens with one attached hydrogen (secondary N) is 1. The molecule has 0 unspecified atom stereocenters. The van der Waals surface area contributed by atoms with E-state index in [1.54, 1.807) is 0 Å². The molecule has 0 aromatic heterocycles. The van der Waals surface area contributed by atoms with Crippen molar-refractivity contribution in [3.63, 3.8) is 0 Å². The van der Waals surface area contributed by atoms with Gasteiger partial charge in [0.25, 0.3) is 0 Å². The summed E-state index contributed by atoms with van der Waals surface area (Å²) >= 11 is 0. The Morgan fingerprint density at radius 3 is 2.72 bits per heavy atom. The van der Waals surface area contributed by atoms with Gasteiger partial charge >= 0.3 is 0 Å². The normalized spacial score (nSPS) is 19.4. The fourth-order valence-corrected chi connectivity index (χ4v) is 2.14. The van der Waals surface area contributed by atoms with E-state index in [0.29, 0.717) is 6.10 Å². The van der Waals surface area contributed by atoms with Gasteiger partial charge in [-0.2, -0.15) is 0 Å². The Morgan fingerprint density at radius 2 is 2.11 bits per heavy atom. The number of benzene rings is 1. The van der Waals surface area contributed by atoms with Crippen LogP contribution < -0.4 is 10.1 Å². The molecule has 3 nitrogen and oxygen atoms in total. The lowest BCUT2D eigenvalue weighted by Crippen LogP contribution is -2.25. The Bertz CT molecular complexity index is 342. The van der Waals surface area contributed by atoms with Crippen molar-refractivity contribution in [2.75, 3.05) is 13.2 Å². The van der Waals surface area contributed by atoms with Crippen molar-refractivity contribution in [1.29, 1.82) is 0 Å². The molecule has 3 heteroatoms. The van der Waals surface area contributed by atoms with Crippen molar-refractivity contribution in [2.45, 2.75) is 45.4 Å². The van der Waals surface area contributed by atoms with Gasteiger partial charge in [0.05, 0.1) is 12.2 Å². The molecular weight excluding hydrogens is 226 g/mol. The van der Waals surface area contributed by atoms with Gasteiger partial charge in [-0.25, -0.2) is 0 Å². The lowest BCUT2D eigenvalue weighted by Gasteiger charge is -2.12. The maximum Gasteiger partial charge on any atom is 0.119 e. The molecule has 1 heterocycles. The summed E-state index contributed by atoms with van der Waals surface area (Å²) in [7, 11) is 0. The molecule has 1 fully saturated rings. The molecule has 2 rings (SSSR count). The summed E-state index contributed by atoms with van der Waals surface area (Å²) in [4.78, 5) is 0. The first-order valence-electron chi connectivity index (χ1n) is 6.82. The standard InChI is InChI=1S/C15H23NO2/c1-12(2)18-14-7-5-13(6-8-14)10-16-11-15-4-3-9-17-15/h5-8,12,15-16H,3-4,9-11H2,1-2H3/t15-/m1/s1. The van der Waals surface area contributed by atoms with Gasteiger partial charge in [-0.1, -0.05) is 12.1 Å². The zero-order chi connectivity index (χ0) is 12.8. The average molecular weight is 249 g/mol. The maximum absolute atomic E-state index is 5.61. The van der Waals surface area contributed by atoms with Crippen LogP contribution in [0.4, 0.5) is 0 Å². The highest BCUT2D eigenvalue weighted by Crippen LogP contribution is 2.14. The third-order valence-corrected chi connectivity index (χ3v) is 3.02. The molecule has 0 spiro atoms. The van der Waals surface area contributed by atoms with Gasteiger partial charge < -0.3 is 14.8 Å². The molecule has 1 aromatic rings. The number of ether oxygens (including phenoxy) is 2. The molecule has 0 radical (unpaired) electrons. The molecule has 0 saturated carbocycles. The highest BCUT2D eigenvalue weighted by Gasteiger charge is 2.14. The summed E-state index contributed by atoms with van der Waals surface area (Å²) in [5, 5.41) is 3.44. The van der Waals surface area contributed by atoms with E-state index in [0.717, 1.165) is 25.4 Å². The molecular formula is C15H23NO2. The minimum absolute atomic E-state index is 0.230. The molecule has 18 heavy (non-hydrogen) atoms. The van der Waals surface area contributed by atoms with Crippen molar-refractivity contribution in [3.05, 3.63) is 29.8 Å². The number of rotatable bonds is 6. The van der Waals surface area contributed by atoms with Gasteiger partial charge in [-0.05, 0) is 44.4 Å². The number of hydrogen-bond acceptors (Lipinski definition) is 3. The van der Waals surface area contributed by atoms with Crippen LogP contribution in [0.1, 0.15) is 32.3 Å². The molecule has 1 N–H and O–H groups in total. The molecule has 1 aliphatic heterocycles. The van der Waals surface area contributed by atoms with Crippen molar-refractivity contribution in [2.24, 2.45) is 0 Å². The van der Waals surface area contributed by atoms with Crippen LogP contribution in [0.5, 0.6) is 5.75 Å². The van der Waals surface area contributed by atoms with Gasteiger partial charge in [0, 0.05) is 19.7 Å². The Hall–Kier alpha value is -1.06. The van der Waals surface area contributed by atoms with Gasteiger partial charge in [-0.15, -0.1) is 0 Å². The van der Waals surface area contributed by atoms with E-state index in [2.05, 4.69) is 17.4 Å². The highest BCUT2D eigenvalue weighted by molar-refractivity contribution is 5.27. The van der Waals surface area contributed by atoms with Crippen LogP contribution in [-0.2, 0) is 11.3 Å². The van der Waals surface area contributed by atoms with Crippen LogP contribution in [0, 0.1) is 0 Å². The Morgan fingerprint density at radius 1 is 1.33 bits per heavy atom. The van der Waals surface area contributed by atoms with Crippen LogP contribution in [0.15, 0.2) is 24.3 Å². The molecule has 1 saturated heterocycles. The molecule has 1 aromatic carbocycles. The zero-order valence-electron chi connectivity index (χ0n) is 11.3. The van der Waals surface area contributed by atoms with Gasteiger partial charge in [0.1, 0.15) is 5.75 Å². The van der Waals surface area contributed by atoms with Gasteiger partial charge in [0.15, 0.2) is 0 Å². The van der Waals surface area contributed by atoms with Crippen LogP contribution >= 0.6 is 0 Å². The van der Waals surface area contributed by atoms with E-state index >= 15 is 0 Å². The molecule has 0 amide bonds. The Balaban J connectivity index is 1.72. The fourth-order valence-electron chi connectivity index (χ4n) is 2.14. The fraction of sp³-hybridized carbons (Fsp3) is 0.600. The van der Waals surface area contributed by atoms with Crippen molar-refractivity contribution in [1.82, 2.24) is 5.32 Å². The average Bonchev–Trinajstić information content (AvgIpc) is 2.84. The lowest BCUT2D eigenvalue weighted by atomic mass is 10.2. The maximum atomic E-state index is 5.61. The predicted molar refractivity (Wildman–Crippen MR) is 72.9 cm³/mol. The van der Waals surface area contributed by atoms with E-state index in [4.69, 9.17) is 9.47 Å². The first-order chi connectivity index (χ1) is 8.74. The minimum Gasteiger partial charge on any atom is -0.491 e. The lowest BCUT2D eigenvalue weighted by molar-refractivity contribution is 0.110. The molecule has 100 valence electrons. The summed E-state index contributed by atoms with van der Waals surface area (Å²) in [5.41, 5.74) is 1.28. The van der Waals surface area contributed by atoms with E-state index in [9.17, 15) is 0 Å². The quantitative estimate of drug-likeness (QED) is 0.841. The predicted octanol–water partition coefficient (Wildman–Crippen LogP) is 2.74. The second kappa shape index (κ2) is 6.76.